The molecule has 4 atom stereocenters. The third-order valence-corrected chi connectivity index (χ3v) is 8.22. The first kappa shape index (κ1) is 31.6. The molecule has 3 aromatic rings. The number of hydrogen-bond acceptors (Lipinski definition) is 9. The summed E-state index contributed by atoms with van der Waals surface area (Å²) >= 11 is 0.859. The quantitative estimate of drug-likeness (QED) is 0.241. The van der Waals surface area contributed by atoms with Crippen molar-refractivity contribution in [3.63, 3.8) is 0 Å². The molecule has 0 aliphatic carbocycles. The predicted molar refractivity (Wildman–Crippen MR) is 151 cm³/mol. The number of thiazole rings is 1. The molecule has 3 rings (SSSR count). The number of aromatic nitrogens is 1. The van der Waals surface area contributed by atoms with E-state index in [-0.39, 0.29) is 31.2 Å². The molecule has 0 unspecified atom stereocenters. The van der Waals surface area contributed by atoms with Gasteiger partial charge in [-0.3, -0.25) is 9.59 Å². The van der Waals surface area contributed by atoms with Crippen LogP contribution in [0.3, 0.4) is 0 Å². The molecule has 0 aliphatic rings. The Balaban J connectivity index is 0.00000462. The number of benzene rings is 2. The van der Waals surface area contributed by atoms with E-state index in [1.54, 1.807) is 18.2 Å². The van der Waals surface area contributed by atoms with Crippen molar-refractivity contribution in [2.45, 2.75) is 37.1 Å². The Morgan fingerprint density at radius 1 is 1.07 bits per heavy atom. The minimum Gasteiger partial charge on any atom is -0.388 e. The second-order valence-corrected chi connectivity index (χ2v) is 11.9. The van der Waals surface area contributed by atoms with Crippen molar-refractivity contribution in [2.24, 2.45) is 0 Å². The highest BCUT2D eigenvalue weighted by molar-refractivity contribution is 7.92. The highest BCUT2D eigenvalue weighted by Gasteiger charge is 2.35. The van der Waals surface area contributed by atoms with Crippen LogP contribution in [-0.4, -0.2) is 73.0 Å². The predicted octanol–water partition coefficient (Wildman–Crippen LogP) is 2.08. The third kappa shape index (κ3) is 8.51. The van der Waals surface area contributed by atoms with Gasteiger partial charge in [0.05, 0.1) is 30.8 Å². The van der Waals surface area contributed by atoms with Gasteiger partial charge in [-0.2, -0.15) is 5.26 Å². The van der Waals surface area contributed by atoms with Gasteiger partial charge in [-0.1, -0.05) is 18.2 Å². The SMILES string of the molecule is CN(c1nc(C(=O)N[C@@H](Cc2cc(F)cc(F)c2)[C@@H](O)[C@H](O)[C@@H](CC#N)NC(=O)c2ccccc2)cs1)S(C)(=O)=O.[HH].[HH]. The lowest BCUT2D eigenvalue weighted by Crippen LogP contribution is -2.56. The lowest BCUT2D eigenvalue weighted by molar-refractivity contribution is -0.0212. The molecule has 2 amide bonds. The highest BCUT2D eigenvalue weighted by Crippen LogP contribution is 2.22. The Hall–Kier alpha value is -3.97. The summed E-state index contributed by atoms with van der Waals surface area (Å²) in [6, 6.07) is 9.66. The van der Waals surface area contributed by atoms with Crippen molar-refractivity contribution in [3.05, 3.63) is 82.4 Å². The molecule has 0 fully saturated rings. The minimum absolute atomic E-state index is 0. The molecule has 0 saturated heterocycles. The van der Waals surface area contributed by atoms with Crippen LogP contribution in [0.15, 0.2) is 53.9 Å². The molecule has 15 heteroatoms. The Morgan fingerprint density at radius 3 is 2.24 bits per heavy atom. The molecule has 0 spiro atoms. The van der Waals surface area contributed by atoms with E-state index in [1.807, 2.05) is 6.07 Å². The number of sulfonamides is 1. The summed E-state index contributed by atoms with van der Waals surface area (Å²) in [5, 5.41) is 37.6. The van der Waals surface area contributed by atoms with Gasteiger partial charge in [0, 0.05) is 26.9 Å². The average molecular weight is 612 g/mol. The first-order valence-corrected chi connectivity index (χ1v) is 14.8. The molecule has 0 saturated carbocycles. The van der Waals surface area contributed by atoms with Crippen LogP contribution in [0.5, 0.6) is 0 Å². The zero-order valence-corrected chi connectivity index (χ0v) is 23.5. The van der Waals surface area contributed by atoms with E-state index in [1.165, 1.54) is 24.6 Å². The smallest absolute Gasteiger partial charge is 0.271 e. The van der Waals surface area contributed by atoms with Crippen molar-refractivity contribution in [1.29, 1.82) is 5.26 Å². The van der Waals surface area contributed by atoms with Crippen LogP contribution >= 0.6 is 11.3 Å². The maximum Gasteiger partial charge on any atom is 0.271 e. The van der Waals surface area contributed by atoms with Crippen molar-refractivity contribution in [2.75, 3.05) is 17.6 Å². The van der Waals surface area contributed by atoms with Gasteiger partial charge in [0.2, 0.25) is 10.0 Å². The second-order valence-electron chi connectivity index (χ2n) is 9.10. The number of nitriles is 1. The number of nitrogens with zero attached hydrogens (tertiary/aromatic N) is 3. The van der Waals surface area contributed by atoms with E-state index >= 15 is 0 Å². The Morgan fingerprint density at radius 2 is 1.66 bits per heavy atom. The number of amides is 2. The molecule has 2 aromatic carbocycles. The molecule has 11 nitrogen and oxygen atoms in total. The van der Waals surface area contributed by atoms with Gasteiger partial charge in [-0.15, -0.1) is 11.3 Å². The molecule has 41 heavy (non-hydrogen) atoms. The third-order valence-electron chi connectivity index (χ3n) is 6.02. The summed E-state index contributed by atoms with van der Waals surface area (Å²) < 4.78 is 52.3. The molecule has 222 valence electrons. The number of aliphatic hydroxyl groups excluding tert-OH is 2. The Labute approximate surface area is 242 Å². The van der Waals surface area contributed by atoms with Gasteiger partial charge in [0.25, 0.3) is 11.8 Å². The van der Waals surface area contributed by atoms with Crippen LogP contribution in [0, 0.1) is 23.0 Å². The minimum atomic E-state index is -3.67. The second kappa shape index (κ2) is 13.6. The van der Waals surface area contributed by atoms with E-state index in [4.69, 9.17) is 0 Å². The van der Waals surface area contributed by atoms with Crippen LogP contribution < -0.4 is 14.9 Å². The molecule has 4 N–H and O–H groups in total. The number of halogens is 2. The Bertz CT molecular complexity index is 1520. The first-order chi connectivity index (χ1) is 19.3. The van der Waals surface area contributed by atoms with Gasteiger partial charge in [-0.05, 0) is 36.2 Å². The molecule has 0 aliphatic heterocycles. The lowest BCUT2D eigenvalue weighted by atomic mass is 9.92. The van der Waals surface area contributed by atoms with Crippen LogP contribution in [-0.2, 0) is 16.4 Å². The zero-order chi connectivity index (χ0) is 30.3. The largest absolute Gasteiger partial charge is 0.388 e. The molecule has 0 bridgehead atoms. The summed E-state index contributed by atoms with van der Waals surface area (Å²) in [5.41, 5.74) is 0.0409. The lowest BCUT2D eigenvalue weighted by Gasteiger charge is -2.32. The molecule has 0 radical (unpaired) electrons. The monoisotopic (exact) mass is 611 g/mol. The van der Waals surface area contributed by atoms with Gasteiger partial charge in [0.1, 0.15) is 29.5 Å². The molecule has 1 heterocycles. The number of aliphatic hydroxyl groups is 2. The fourth-order valence-electron chi connectivity index (χ4n) is 3.81. The zero-order valence-electron chi connectivity index (χ0n) is 21.9. The average Bonchev–Trinajstić information content (AvgIpc) is 3.41. The summed E-state index contributed by atoms with van der Waals surface area (Å²) in [6.07, 6.45) is -3.50. The van der Waals surface area contributed by atoms with E-state index in [9.17, 15) is 42.3 Å². The van der Waals surface area contributed by atoms with Crippen molar-refractivity contribution in [3.8, 4) is 6.07 Å². The highest BCUT2D eigenvalue weighted by atomic mass is 32.2. The van der Waals surface area contributed by atoms with Crippen molar-refractivity contribution < 1.29 is 39.9 Å². The van der Waals surface area contributed by atoms with Gasteiger partial charge in [-0.25, -0.2) is 26.5 Å². The first-order valence-electron chi connectivity index (χ1n) is 12.0. The van der Waals surface area contributed by atoms with Crippen LogP contribution in [0.1, 0.15) is 35.7 Å². The number of hydrogen-bond donors (Lipinski definition) is 4. The normalized spacial score (nSPS) is 14.3. The standard InChI is InChI=1S/C26H27F2N5O6S2.2H2/c1-33(41(2,38)39)26-32-21(14-40-26)25(37)31-20(12-15-10-17(27)13-18(28)11-15)23(35)22(34)19(8-9-29)30-24(36)16-6-4-3-5-7-16;;/h3-7,10-11,13-14,19-20,22-23,34-35H,8,12H2,1-2H3,(H,30,36)(H,31,37);2*1H/t19-,20+,22-,23-;;/m1../s1. The number of carbonyl (C=O) groups excluding carboxylic acids is 2. The number of rotatable bonds is 12. The maximum atomic E-state index is 13.9. The van der Waals surface area contributed by atoms with Gasteiger partial charge in [0.15, 0.2) is 5.13 Å². The fourth-order valence-corrected chi connectivity index (χ4v) is 5.35. The Kier molecular flexibility index (Phi) is 10.5. The summed E-state index contributed by atoms with van der Waals surface area (Å²) in [4.78, 5) is 29.7. The van der Waals surface area contributed by atoms with E-state index < -0.39 is 64.2 Å². The maximum absolute atomic E-state index is 13.9. The van der Waals surface area contributed by atoms with Crippen LogP contribution in [0.4, 0.5) is 13.9 Å². The molecular formula is C26H31F2N5O6S2. The fraction of sp³-hybridized carbons (Fsp3) is 0.308. The van der Waals surface area contributed by atoms with Crippen LogP contribution in [0.2, 0.25) is 0 Å². The molecular weight excluding hydrogens is 580 g/mol. The van der Waals surface area contributed by atoms with Gasteiger partial charge < -0.3 is 20.8 Å². The summed E-state index contributed by atoms with van der Waals surface area (Å²) in [7, 11) is -2.42. The number of carbonyl (C=O) groups is 2. The summed E-state index contributed by atoms with van der Waals surface area (Å²) in [6.45, 7) is 0. The number of nitrogens with one attached hydrogen (secondary N) is 2. The number of anilines is 1. The van der Waals surface area contributed by atoms with Crippen LogP contribution in [0.25, 0.3) is 0 Å². The van der Waals surface area contributed by atoms with Crippen molar-refractivity contribution in [1.82, 2.24) is 15.6 Å². The van der Waals surface area contributed by atoms with E-state index in [2.05, 4.69) is 15.6 Å². The molecule has 1 aromatic heterocycles. The van der Waals surface area contributed by atoms with E-state index in [0.717, 1.165) is 34.0 Å². The van der Waals surface area contributed by atoms with Gasteiger partial charge >= 0.3 is 0 Å². The van der Waals surface area contributed by atoms with Crippen molar-refractivity contribution >= 4 is 38.3 Å². The summed E-state index contributed by atoms with van der Waals surface area (Å²) in [5.74, 6) is -3.33. The van der Waals surface area contributed by atoms with E-state index in [0.29, 0.717) is 6.07 Å². The topological polar surface area (TPSA) is 173 Å².